The Hall–Kier alpha value is -1.88. The van der Waals surface area contributed by atoms with Gasteiger partial charge in [-0.05, 0) is 29.8 Å². The average molecular weight is 241 g/mol. The van der Waals surface area contributed by atoms with Crippen LogP contribution < -0.4 is 5.32 Å². The summed E-state index contributed by atoms with van der Waals surface area (Å²) >= 11 is 5.62. The van der Waals surface area contributed by atoms with Crippen LogP contribution in [0.3, 0.4) is 0 Å². The van der Waals surface area contributed by atoms with E-state index in [1.165, 1.54) is 24.6 Å². The van der Waals surface area contributed by atoms with Gasteiger partial charge in [0, 0.05) is 0 Å². The Morgan fingerprint density at radius 3 is 2.81 bits per heavy atom. The van der Waals surface area contributed by atoms with Crippen molar-refractivity contribution in [3.8, 4) is 0 Å². The molecule has 0 spiro atoms. The number of halogens is 2. The molecular weight excluding hydrogens is 235 g/mol. The van der Waals surface area contributed by atoms with E-state index in [1.54, 1.807) is 0 Å². The standard InChI is InChI=1S/C10H6ClFN2O2/c11-9-7(3-4-16-9)10(15)14-6-1-2-8(12)13-5-6/h1-5H,(H,14,15). The van der Waals surface area contributed by atoms with E-state index in [0.717, 1.165) is 6.07 Å². The lowest BCUT2D eigenvalue weighted by Gasteiger charge is -2.02. The number of carbonyl (C=O) groups is 1. The molecule has 0 aliphatic carbocycles. The van der Waals surface area contributed by atoms with E-state index in [1.807, 2.05) is 0 Å². The average Bonchev–Trinajstić information content (AvgIpc) is 2.68. The summed E-state index contributed by atoms with van der Waals surface area (Å²) in [4.78, 5) is 15.0. The molecule has 4 nitrogen and oxygen atoms in total. The van der Waals surface area contributed by atoms with Crippen molar-refractivity contribution >= 4 is 23.2 Å². The van der Waals surface area contributed by atoms with Gasteiger partial charge in [-0.1, -0.05) is 0 Å². The van der Waals surface area contributed by atoms with E-state index in [0.29, 0.717) is 5.69 Å². The van der Waals surface area contributed by atoms with Gasteiger partial charge < -0.3 is 9.73 Å². The van der Waals surface area contributed by atoms with Gasteiger partial charge in [0.05, 0.1) is 23.7 Å². The van der Waals surface area contributed by atoms with Gasteiger partial charge in [-0.2, -0.15) is 4.39 Å². The second kappa shape index (κ2) is 4.32. The van der Waals surface area contributed by atoms with Crippen molar-refractivity contribution in [2.45, 2.75) is 0 Å². The number of anilines is 1. The lowest BCUT2D eigenvalue weighted by Crippen LogP contribution is -2.11. The van der Waals surface area contributed by atoms with Gasteiger partial charge in [0.1, 0.15) is 0 Å². The zero-order valence-corrected chi connectivity index (χ0v) is 8.66. The van der Waals surface area contributed by atoms with Gasteiger partial charge in [-0.15, -0.1) is 0 Å². The van der Waals surface area contributed by atoms with E-state index >= 15 is 0 Å². The molecule has 0 aliphatic heterocycles. The first-order valence-electron chi connectivity index (χ1n) is 4.33. The molecule has 0 radical (unpaired) electrons. The van der Waals surface area contributed by atoms with E-state index in [2.05, 4.69) is 10.3 Å². The molecule has 0 aromatic carbocycles. The zero-order chi connectivity index (χ0) is 11.5. The maximum absolute atomic E-state index is 12.5. The Morgan fingerprint density at radius 1 is 1.44 bits per heavy atom. The van der Waals surface area contributed by atoms with Crippen LogP contribution in [0.25, 0.3) is 0 Å². The van der Waals surface area contributed by atoms with Crippen LogP contribution in [0.4, 0.5) is 10.1 Å². The van der Waals surface area contributed by atoms with Crippen molar-refractivity contribution in [3.05, 3.63) is 47.4 Å². The Morgan fingerprint density at radius 2 is 2.25 bits per heavy atom. The van der Waals surface area contributed by atoms with Crippen molar-refractivity contribution in [2.75, 3.05) is 5.32 Å². The third-order valence-electron chi connectivity index (χ3n) is 1.85. The first-order valence-corrected chi connectivity index (χ1v) is 4.70. The van der Waals surface area contributed by atoms with E-state index in [-0.39, 0.29) is 10.8 Å². The number of furan rings is 1. The smallest absolute Gasteiger partial charge is 0.260 e. The highest BCUT2D eigenvalue weighted by Gasteiger charge is 2.12. The highest BCUT2D eigenvalue weighted by molar-refractivity contribution is 6.32. The zero-order valence-electron chi connectivity index (χ0n) is 7.91. The number of amides is 1. The van der Waals surface area contributed by atoms with Gasteiger partial charge in [0.15, 0.2) is 0 Å². The van der Waals surface area contributed by atoms with Crippen molar-refractivity contribution in [2.24, 2.45) is 0 Å². The first-order chi connectivity index (χ1) is 7.66. The fourth-order valence-electron chi connectivity index (χ4n) is 1.10. The van der Waals surface area contributed by atoms with Gasteiger partial charge >= 0.3 is 0 Å². The molecule has 16 heavy (non-hydrogen) atoms. The molecule has 0 saturated carbocycles. The van der Waals surface area contributed by atoms with Crippen LogP contribution in [0.15, 0.2) is 35.1 Å². The number of nitrogens with zero attached hydrogens (tertiary/aromatic N) is 1. The Bertz CT molecular complexity index is 510. The van der Waals surface area contributed by atoms with Gasteiger partial charge in [-0.3, -0.25) is 4.79 Å². The maximum atomic E-state index is 12.5. The number of nitrogens with one attached hydrogen (secondary N) is 1. The fraction of sp³-hybridized carbons (Fsp3) is 0. The largest absolute Gasteiger partial charge is 0.452 e. The van der Waals surface area contributed by atoms with Crippen molar-refractivity contribution < 1.29 is 13.6 Å². The Labute approximate surface area is 95.0 Å². The minimum Gasteiger partial charge on any atom is -0.452 e. The van der Waals surface area contributed by atoms with Crippen LogP contribution in [0.2, 0.25) is 5.22 Å². The molecule has 6 heteroatoms. The molecule has 1 N–H and O–H groups in total. The van der Waals surface area contributed by atoms with E-state index in [9.17, 15) is 9.18 Å². The summed E-state index contributed by atoms with van der Waals surface area (Å²) in [6.07, 6.45) is 2.52. The highest BCUT2D eigenvalue weighted by atomic mass is 35.5. The predicted molar refractivity (Wildman–Crippen MR) is 55.9 cm³/mol. The normalized spacial score (nSPS) is 10.1. The fourth-order valence-corrected chi connectivity index (χ4v) is 1.30. The summed E-state index contributed by atoms with van der Waals surface area (Å²) < 4.78 is 17.3. The molecule has 82 valence electrons. The molecule has 2 aromatic heterocycles. The summed E-state index contributed by atoms with van der Waals surface area (Å²) in [6.45, 7) is 0. The maximum Gasteiger partial charge on any atom is 0.260 e. The second-order valence-electron chi connectivity index (χ2n) is 2.93. The molecule has 2 heterocycles. The molecule has 1 amide bonds. The topological polar surface area (TPSA) is 55.1 Å². The number of pyridine rings is 1. The molecule has 0 saturated heterocycles. The number of hydrogen-bond donors (Lipinski definition) is 1. The molecule has 0 aliphatic rings. The van der Waals surface area contributed by atoms with Crippen LogP contribution in [-0.4, -0.2) is 10.9 Å². The summed E-state index contributed by atoms with van der Waals surface area (Å²) in [7, 11) is 0. The van der Waals surface area contributed by atoms with Crippen LogP contribution in [0, 0.1) is 5.95 Å². The van der Waals surface area contributed by atoms with E-state index in [4.69, 9.17) is 16.0 Å². The lowest BCUT2D eigenvalue weighted by molar-refractivity contribution is 0.102. The predicted octanol–water partition coefficient (Wildman–Crippen LogP) is 2.72. The van der Waals surface area contributed by atoms with Crippen LogP contribution in [0.5, 0.6) is 0 Å². The first kappa shape index (κ1) is 10.6. The van der Waals surface area contributed by atoms with Crippen molar-refractivity contribution in [1.82, 2.24) is 4.98 Å². The molecule has 0 fully saturated rings. The summed E-state index contributed by atoms with van der Waals surface area (Å²) in [5, 5.41) is 2.51. The number of carbonyl (C=O) groups excluding carboxylic acids is 1. The van der Waals surface area contributed by atoms with Crippen molar-refractivity contribution in [3.63, 3.8) is 0 Å². The van der Waals surface area contributed by atoms with Crippen LogP contribution in [0.1, 0.15) is 10.4 Å². The highest BCUT2D eigenvalue weighted by Crippen LogP contribution is 2.18. The van der Waals surface area contributed by atoms with Crippen LogP contribution in [-0.2, 0) is 0 Å². The van der Waals surface area contributed by atoms with Crippen molar-refractivity contribution in [1.29, 1.82) is 0 Å². The number of hydrogen-bond acceptors (Lipinski definition) is 3. The van der Waals surface area contributed by atoms with E-state index < -0.39 is 11.9 Å². The molecule has 2 aromatic rings. The van der Waals surface area contributed by atoms with Gasteiger partial charge in [0.2, 0.25) is 11.2 Å². The minimum atomic E-state index is -0.612. The molecule has 2 rings (SSSR count). The number of rotatable bonds is 2. The van der Waals surface area contributed by atoms with Gasteiger partial charge in [0.25, 0.3) is 5.91 Å². The monoisotopic (exact) mass is 240 g/mol. The quantitative estimate of drug-likeness (QED) is 0.821. The third kappa shape index (κ3) is 2.20. The summed E-state index contributed by atoms with van der Waals surface area (Å²) in [5.41, 5.74) is 0.592. The summed E-state index contributed by atoms with van der Waals surface area (Å²) in [6, 6.07) is 3.98. The molecule has 0 unspecified atom stereocenters. The molecule has 0 atom stereocenters. The summed E-state index contributed by atoms with van der Waals surface area (Å²) in [5.74, 6) is -1.05. The lowest BCUT2D eigenvalue weighted by atomic mass is 10.3. The Balaban J connectivity index is 2.14. The van der Waals surface area contributed by atoms with Gasteiger partial charge in [-0.25, -0.2) is 4.98 Å². The molecular formula is C10H6ClFN2O2. The SMILES string of the molecule is O=C(Nc1ccc(F)nc1)c1ccoc1Cl. The Kier molecular flexibility index (Phi) is 2.87. The molecule has 0 bridgehead atoms. The second-order valence-corrected chi connectivity index (χ2v) is 3.27. The third-order valence-corrected chi connectivity index (χ3v) is 2.14. The minimum absolute atomic E-state index is 0.00701. The van der Waals surface area contributed by atoms with Crippen LogP contribution >= 0.6 is 11.6 Å². The number of aromatic nitrogens is 1.